The molecule has 3 aromatic heterocycles. The Morgan fingerprint density at radius 2 is 1.83 bits per heavy atom. The van der Waals surface area contributed by atoms with Crippen LogP contribution in [0.2, 0.25) is 0 Å². The number of likely N-dealkylation sites (N-methyl/N-ethyl adjacent to an activating group) is 1. The molecule has 0 aliphatic heterocycles. The SMILES string of the molecule is CNC(=O)C1=CC=C(c2cnn3ccc(C(=O)N(c4ccc(C(=O)OCc5ccccc5)cn4)C4CC4)cc23)CC1. The fourth-order valence-electron chi connectivity index (χ4n) is 4.96. The zero-order chi connectivity index (χ0) is 28.3. The van der Waals surface area contributed by atoms with E-state index in [0.29, 0.717) is 29.8 Å². The predicted octanol–water partition coefficient (Wildman–Crippen LogP) is 4.75. The van der Waals surface area contributed by atoms with Crippen LogP contribution in [0.4, 0.5) is 5.82 Å². The number of anilines is 1. The van der Waals surface area contributed by atoms with Crippen LogP contribution in [-0.2, 0) is 16.1 Å². The van der Waals surface area contributed by atoms with E-state index in [4.69, 9.17) is 4.74 Å². The molecule has 6 rings (SSSR count). The number of carbonyl (C=O) groups excluding carboxylic acids is 3. The van der Waals surface area contributed by atoms with Crippen LogP contribution in [0.15, 0.2) is 90.9 Å². The van der Waals surface area contributed by atoms with Crippen molar-refractivity contribution < 1.29 is 19.1 Å². The molecule has 206 valence electrons. The summed E-state index contributed by atoms with van der Waals surface area (Å²) in [5.74, 6) is -0.204. The van der Waals surface area contributed by atoms with Crippen molar-refractivity contribution in [3.63, 3.8) is 0 Å². The first-order chi connectivity index (χ1) is 20.0. The third-order valence-corrected chi connectivity index (χ3v) is 7.36. The molecule has 0 saturated heterocycles. The molecule has 1 aromatic carbocycles. The highest BCUT2D eigenvalue weighted by Gasteiger charge is 2.35. The highest BCUT2D eigenvalue weighted by atomic mass is 16.5. The summed E-state index contributed by atoms with van der Waals surface area (Å²) in [5, 5.41) is 7.14. The molecule has 2 aliphatic carbocycles. The lowest BCUT2D eigenvalue weighted by Crippen LogP contribution is -2.33. The van der Waals surface area contributed by atoms with E-state index < -0.39 is 5.97 Å². The second kappa shape index (κ2) is 11.2. The van der Waals surface area contributed by atoms with Gasteiger partial charge in [0.2, 0.25) is 5.91 Å². The van der Waals surface area contributed by atoms with Crippen molar-refractivity contribution >= 4 is 34.7 Å². The molecule has 0 radical (unpaired) electrons. The van der Waals surface area contributed by atoms with Gasteiger partial charge in [0.05, 0.1) is 17.3 Å². The van der Waals surface area contributed by atoms with Crippen LogP contribution in [0.5, 0.6) is 0 Å². The number of allylic oxidation sites excluding steroid dienone is 3. The van der Waals surface area contributed by atoms with Crippen LogP contribution in [0.25, 0.3) is 11.1 Å². The van der Waals surface area contributed by atoms with E-state index >= 15 is 0 Å². The summed E-state index contributed by atoms with van der Waals surface area (Å²) >= 11 is 0. The first-order valence-electron chi connectivity index (χ1n) is 13.6. The van der Waals surface area contributed by atoms with Crippen LogP contribution in [0.1, 0.15) is 57.5 Å². The van der Waals surface area contributed by atoms with Gasteiger partial charge in [0.15, 0.2) is 0 Å². The molecule has 1 N–H and O–H groups in total. The molecule has 4 aromatic rings. The Morgan fingerprint density at radius 3 is 2.51 bits per heavy atom. The van der Waals surface area contributed by atoms with E-state index in [9.17, 15) is 14.4 Å². The van der Waals surface area contributed by atoms with Gasteiger partial charge in [0.1, 0.15) is 12.4 Å². The smallest absolute Gasteiger partial charge is 0.340 e. The average Bonchev–Trinajstić information content (AvgIpc) is 3.77. The number of rotatable bonds is 8. The molecule has 0 spiro atoms. The minimum absolute atomic E-state index is 0.0563. The van der Waals surface area contributed by atoms with E-state index in [0.717, 1.165) is 40.6 Å². The molecule has 1 saturated carbocycles. The number of nitrogens with one attached hydrogen (secondary N) is 1. The first kappa shape index (κ1) is 26.2. The second-order valence-corrected chi connectivity index (χ2v) is 10.1. The highest BCUT2D eigenvalue weighted by molar-refractivity contribution is 6.07. The number of benzene rings is 1. The van der Waals surface area contributed by atoms with Crippen molar-refractivity contribution in [1.29, 1.82) is 0 Å². The number of hydrogen-bond donors (Lipinski definition) is 1. The highest BCUT2D eigenvalue weighted by Crippen LogP contribution is 2.34. The summed E-state index contributed by atoms with van der Waals surface area (Å²) in [4.78, 5) is 44.5. The molecule has 9 nitrogen and oxygen atoms in total. The van der Waals surface area contributed by atoms with E-state index in [-0.39, 0.29) is 24.5 Å². The summed E-state index contributed by atoms with van der Waals surface area (Å²) < 4.78 is 7.16. The van der Waals surface area contributed by atoms with Gasteiger partial charge in [-0.3, -0.25) is 14.5 Å². The zero-order valence-corrected chi connectivity index (χ0v) is 22.6. The van der Waals surface area contributed by atoms with Crippen molar-refractivity contribution in [2.45, 2.75) is 38.3 Å². The molecular formula is C32H29N5O4. The van der Waals surface area contributed by atoms with Crippen molar-refractivity contribution in [2.24, 2.45) is 0 Å². The molecule has 2 aliphatic rings. The van der Waals surface area contributed by atoms with Gasteiger partial charge in [0.25, 0.3) is 5.91 Å². The summed E-state index contributed by atoms with van der Waals surface area (Å²) in [6.07, 6.45) is 12.0. The number of carbonyl (C=O) groups is 3. The average molecular weight is 548 g/mol. The molecule has 2 amide bonds. The minimum Gasteiger partial charge on any atom is -0.457 e. The van der Waals surface area contributed by atoms with Gasteiger partial charge < -0.3 is 10.1 Å². The number of amides is 2. The van der Waals surface area contributed by atoms with Gasteiger partial charge in [-0.25, -0.2) is 14.3 Å². The van der Waals surface area contributed by atoms with Crippen LogP contribution < -0.4 is 10.2 Å². The number of aromatic nitrogens is 3. The molecule has 0 atom stereocenters. The molecule has 3 heterocycles. The Bertz CT molecular complexity index is 1680. The van der Waals surface area contributed by atoms with Gasteiger partial charge in [-0.15, -0.1) is 0 Å². The summed E-state index contributed by atoms with van der Waals surface area (Å²) in [6.45, 7) is 0.176. The van der Waals surface area contributed by atoms with E-state index in [1.54, 1.807) is 47.1 Å². The Hall–Kier alpha value is -5.05. The van der Waals surface area contributed by atoms with Crippen LogP contribution in [0, 0.1) is 0 Å². The second-order valence-electron chi connectivity index (χ2n) is 10.1. The monoisotopic (exact) mass is 547 g/mol. The van der Waals surface area contributed by atoms with E-state index in [1.807, 2.05) is 48.6 Å². The number of ether oxygens (including phenoxy) is 1. The molecule has 0 bridgehead atoms. The van der Waals surface area contributed by atoms with Crippen molar-refractivity contribution in [3.05, 3.63) is 113 Å². The van der Waals surface area contributed by atoms with E-state index in [2.05, 4.69) is 15.4 Å². The van der Waals surface area contributed by atoms with Gasteiger partial charge in [-0.05, 0) is 61.1 Å². The third-order valence-electron chi connectivity index (χ3n) is 7.36. The predicted molar refractivity (Wildman–Crippen MR) is 154 cm³/mol. The fraction of sp³-hybridized carbons (Fsp3) is 0.219. The minimum atomic E-state index is -0.467. The molecule has 41 heavy (non-hydrogen) atoms. The maximum atomic E-state index is 13.8. The van der Waals surface area contributed by atoms with Crippen molar-refractivity contribution in [2.75, 3.05) is 11.9 Å². The third kappa shape index (κ3) is 5.51. The number of pyridine rings is 2. The lowest BCUT2D eigenvalue weighted by atomic mass is 9.93. The maximum Gasteiger partial charge on any atom is 0.340 e. The van der Waals surface area contributed by atoms with Crippen molar-refractivity contribution in [1.82, 2.24) is 19.9 Å². The Morgan fingerprint density at radius 1 is 1.00 bits per heavy atom. The molecule has 9 heteroatoms. The largest absolute Gasteiger partial charge is 0.457 e. The number of fused-ring (bicyclic) bond motifs is 1. The Balaban J connectivity index is 1.22. The Labute approximate surface area is 237 Å². The van der Waals surface area contributed by atoms with Gasteiger partial charge >= 0.3 is 5.97 Å². The summed E-state index contributed by atoms with van der Waals surface area (Å²) in [6, 6.07) is 16.5. The molecule has 1 fully saturated rings. The standard InChI is InChI=1S/C32H29N5O4/c1-33-30(38)23-9-7-22(8-10-23)27-19-35-36-16-15-24(17-28(27)36)31(39)37(26-12-13-26)29-14-11-25(18-34-29)32(40)41-20-21-5-3-2-4-6-21/h2-7,9,11,14-19,26H,8,10,12-13,20H2,1H3,(H,33,38). The lowest BCUT2D eigenvalue weighted by molar-refractivity contribution is -0.117. The topological polar surface area (TPSA) is 106 Å². The summed E-state index contributed by atoms with van der Waals surface area (Å²) in [5.41, 5.74) is 5.31. The maximum absolute atomic E-state index is 13.8. The number of esters is 1. The quantitative estimate of drug-likeness (QED) is 0.319. The van der Waals surface area contributed by atoms with Crippen LogP contribution >= 0.6 is 0 Å². The number of hydrogen-bond acceptors (Lipinski definition) is 6. The molecular weight excluding hydrogens is 518 g/mol. The van der Waals surface area contributed by atoms with Gasteiger partial charge in [0, 0.05) is 42.2 Å². The normalized spacial score (nSPS) is 14.7. The summed E-state index contributed by atoms with van der Waals surface area (Å²) in [7, 11) is 1.63. The van der Waals surface area contributed by atoms with Crippen molar-refractivity contribution in [3.8, 4) is 0 Å². The Kier molecular flexibility index (Phi) is 7.16. The fourth-order valence-corrected chi connectivity index (χ4v) is 4.96. The first-order valence-corrected chi connectivity index (χ1v) is 13.6. The van der Waals surface area contributed by atoms with Crippen LogP contribution in [0.3, 0.4) is 0 Å². The van der Waals surface area contributed by atoms with Gasteiger partial charge in [-0.2, -0.15) is 5.10 Å². The molecule has 0 unspecified atom stereocenters. The van der Waals surface area contributed by atoms with Gasteiger partial charge in [-0.1, -0.05) is 42.5 Å². The van der Waals surface area contributed by atoms with Crippen LogP contribution in [-0.4, -0.2) is 45.5 Å². The zero-order valence-electron chi connectivity index (χ0n) is 22.6. The van der Waals surface area contributed by atoms with E-state index in [1.165, 1.54) is 6.20 Å². The lowest BCUT2D eigenvalue weighted by Gasteiger charge is -2.22. The number of nitrogens with zero attached hydrogens (tertiary/aromatic N) is 4.